The second-order valence-corrected chi connectivity index (χ2v) is 9.42. The number of fused-ring (bicyclic) bond motifs is 1. The molecular weight excluding hydrogens is 413 g/mol. The molecule has 0 radical (unpaired) electrons. The molecule has 1 amide bonds. The fourth-order valence-electron chi connectivity index (χ4n) is 3.50. The topological polar surface area (TPSA) is 109 Å². The van der Waals surface area contributed by atoms with Crippen LogP contribution >= 0.6 is 0 Å². The van der Waals surface area contributed by atoms with Crippen LogP contribution in [0.25, 0.3) is 10.9 Å². The second kappa shape index (κ2) is 7.52. The number of aromatic amines is 1. The molecule has 1 fully saturated rings. The Hall–Kier alpha value is -3.27. The molecule has 30 heavy (non-hydrogen) atoms. The molecule has 0 saturated carbocycles. The summed E-state index contributed by atoms with van der Waals surface area (Å²) in [5, 5.41) is 0.338. The Bertz CT molecular complexity index is 1360. The molecule has 2 aromatic carbocycles. The van der Waals surface area contributed by atoms with Crippen LogP contribution < -0.4 is 11.2 Å². The van der Waals surface area contributed by atoms with E-state index < -0.39 is 32.8 Å². The molecule has 0 spiro atoms. The van der Waals surface area contributed by atoms with E-state index in [1.54, 1.807) is 24.3 Å². The number of H-pyrrole nitrogens is 1. The lowest BCUT2D eigenvalue weighted by Gasteiger charge is -2.27. The summed E-state index contributed by atoms with van der Waals surface area (Å²) >= 11 is 0. The van der Waals surface area contributed by atoms with Crippen LogP contribution in [0.15, 0.2) is 52.1 Å². The maximum absolute atomic E-state index is 14.4. The number of aromatic nitrogens is 2. The molecule has 0 bridgehead atoms. The molecule has 1 aromatic heterocycles. The van der Waals surface area contributed by atoms with Crippen molar-refractivity contribution in [2.45, 2.75) is 6.54 Å². The lowest BCUT2D eigenvalue weighted by molar-refractivity contribution is 0.0765. The van der Waals surface area contributed by atoms with Crippen molar-refractivity contribution >= 4 is 26.6 Å². The van der Waals surface area contributed by atoms with Gasteiger partial charge < -0.3 is 4.90 Å². The van der Waals surface area contributed by atoms with Gasteiger partial charge in [-0.05, 0) is 29.8 Å². The van der Waals surface area contributed by atoms with E-state index in [1.807, 2.05) is 0 Å². The van der Waals surface area contributed by atoms with Crippen molar-refractivity contribution in [2.24, 2.45) is 0 Å². The van der Waals surface area contributed by atoms with Gasteiger partial charge in [0.25, 0.3) is 11.5 Å². The Kier molecular flexibility index (Phi) is 5.02. The third kappa shape index (κ3) is 3.78. The van der Waals surface area contributed by atoms with Crippen LogP contribution in [0, 0.1) is 5.82 Å². The number of hydrogen-bond donors (Lipinski definition) is 1. The molecule has 1 N–H and O–H groups in total. The standard InChI is InChI=1S/C20H18FN3O5S/c21-16-6-5-13(11-15(16)19(26)23-7-9-30(28,29)10-8-23)12-24-17-4-2-1-3-14(17)18(25)22-20(24)27/h1-6,11H,7-10,12H2,(H,22,25,27). The van der Waals surface area contributed by atoms with Crippen LogP contribution in [0.3, 0.4) is 0 Å². The van der Waals surface area contributed by atoms with Crippen molar-refractivity contribution in [3.8, 4) is 0 Å². The highest BCUT2D eigenvalue weighted by molar-refractivity contribution is 7.91. The molecule has 0 aliphatic carbocycles. The van der Waals surface area contributed by atoms with Gasteiger partial charge in [0.15, 0.2) is 9.84 Å². The van der Waals surface area contributed by atoms with E-state index in [-0.39, 0.29) is 36.7 Å². The average molecular weight is 431 g/mol. The van der Waals surface area contributed by atoms with E-state index in [9.17, 15) is 27.2 Å². The van der Waals surface area contributed by atoms with Crippen molar-refractivity contribution in [1.82, 2.24) is 14.5 Å². The van der Waals surface area contributed by atoms with Gasteiger partial charge in [-0.2, -0.15) is 0 Å². The third-order valence-electron chi connectivity index (χ3n) is 5.14. The fourth-order valence-corrected chi connectivity index (χ4v) is 4.70. The lowest BCUT2D eigenvalue weighted by Crippen LogP contribution is -2.44. The highest BCUT2D eigenvalue weighted by atomic mass is 32.2. The molecule has 1 aliphatic heterocycles. The van der Waals surface area contributed by atoms with E-state index in [0.717, 1.165) is 6.07 Å². The number of halogens is 1. The summed E-state index contributed by atoms with van der Waals surface area (Å²) in [4.78, 5) is 40.7. The van der Waals surface area contributed by atoms with Gasteiger partial charge in [-0.25, -0.2) is 17.6 Å². The summed E-state index contributed by atoms with van der Waals surface area (Å²) in [5.41, 5.74) is -0.388. The van der Waals surface area contributed by atoms with E-state index >= 15 is 0 Å². The summed E-state index contributed by atoms with van der Waals surface area (Å²) in [6, 6.07) is 10.6. The van der Waals surface area contributed by atoms with Crippen molar-refractivity contribution in [2.75, 3.05) is 24.6 Å². The lowest BCUT2D eigenvalue weighted by atomic mass is 10.1. The van der Waals surface area contributed by atoms with Gasteiger partial charge >= 0.3 is 5.69 Å². The Labute approximate surface area is 170 Å². The number of sulfone groups is 1. The molecule has 3 aromatic rings. The smallest absolute Gasteiger partial charge is 0.329 e. The summed E-state index contributed by atoms with van der Waals surface area (Å²) in [6.45, 7) is 0.0365. The number of para-hydroxylation sites is 1. The van der Waals surface area contributed by atoms with Crippen LogP contribution in [-0.2, 0) is 16.4 Å². The molecule has 10 heteroatoms. The number of carbonyl (C=O) groups is 1. The quantitative estimate of drug-likeness (QED) is 0.658. The van der Waals surface area contributed by atoms with Crippen LogP contribution in [0.4, 0.5) is 4.39 Å². The maximum Gasteiger partial charge on any atom is 0.329 e. The Morgan fingerprint density at radius 1 is 1.07 bits per heavy atom. The van der Waals surface area contributed by atoms with Gasteiger partial charge in [-0.15, -0.1) is 0 Å². The van der Waals surface area contributed by atoms with Gasteiger partial charge in [-0.1, -0.05) is 18.2 Å². The number of nitrogens with one attached hydrogen (secondary N) is 1. The number of carbonyl (C=O) groups excluding carboxylic acids is 1. The molecule has 1 aliphatic rings. The Morgan fingerprint density at radius 2 is 1.77 bits per heavy atom. The first-order chi connectivity index (χ1) is 14.2. The van der Waals surface area contributed by atoms with Crippen molar-refractivity contribution in [1.29, 1.82) is 0 Å². The van der Waals surface area contributed by atoms with Gasteiger partial charge in [0.2, 0.25) is 0 Å². The van der Waals surface area contributed by atoms with Gasteiger partial charge in [0, 0.05) is 13.1 Å². The molecule has 2 heterocycles. The molecule has 4 rings (SSSR count). The largest absolute Gasteiger partial charge is 0.337 e. The first kappa shape index (κ1) is 20.0. The van der Waals surface area contributed by atoms with Crippen LogP contribution in [-0.4, -0.2) is 53.4 Å². The molecule has 0 unspecified atom stereocenters. The molecule has 1 saturated heterocycles. The predicted molar refractivity (Wildman–Crippen MR) is 109 cm³/mol. The van der Waals surface area contributed by atoms with E-state index in [4.69, 9.17) is 0 Å². The van der Waals surface area contributed by atoms with E-state index in [0.29, 0.717) is 16.5 Å². The zero-order valence-corrected chi connectivity index (χ0v) is 16.6. The monoisotopic (exact) mass is 431 g/mol. The zero-order valence-electron chi connectivity index (χ0n) is 15.8. The molecule has 8 nitrogen and oxygen atoms in total. The number of rotatable bonds is 3. The van der Waals surface area contributed by atoms with Crippen molar-refractivity contribution in [3.05, 3.63) is 80.2 Å². The fraction of sp³-hybridized carbons (Fsp3) is 0.250. The summed E-state index contributed by atoms with van der Waals surface area (Å²) in [7, 11) is -3.17. The van der Waals surface area contributed by atoms with Gasteiger partial charge in [-0.3, -0.25) is 19.1 Å². The highest BCUT2D eigenvalue weighted by Gasteiger charge is 2.27. The first-order valence-corrected chi connectivity index (χ1v) is 11.1. The van der Waals surface area contributed by atoms with Crippen LogP contribution in [0.5, 0.6) is 0 Å². The predicted octanol–water partition coefficient (Wildman–Crippen LogP) is 0.748. The van der Waals surface area contributed by atoms with E-state index in [1.165, 1.54) is 21.6 Å². The summed E-state index contributed by atoms with van der Waals surface area (Å²) < 4.78 is 38.9. The van der Waals surface area contributed by atoms with Gasteiger partial charge in [0.05, 0.1) is 34.5 Å². The number of benzene rings is 2. The molecular formula is C20H18FN3O5S. The highest BCUT2D eigenvalue weighted by Crippen LogP contribution is 2.17. The maximum atomic E-state index is 14.4. The summed E-state index contributed by atoms with van der Waals surface area (Å²) in [6.07, 6.45) is 0. The van der Waals surface area contributed by atoms with Crippen molar-refractivity contribution in [3.63, 3.8) is 0 Å². The molecule has 0 atom stereocenters. The number of amides is 1. The Balaban J connectivity index is 1.68. The third-order valence-corrected chi connectivity index (χ3v) is 6.75. The Morgan fingerprint density at radius 3 is 2.50 bits per heavy atom. The SMILES string of the molecule is O=C(c1cc(Cn2c(=O)[nH]c(=O)c3ccccc32)ccc1F)N1CCS(=O)(=O)CC1. The van der Waals surface area contributed by atoms with Crippen LogP contribution in [0.2, 0.25) is 0 Å². The number of nitrogens with zero attached hydrogens (tertiary/aromatic N) is 2. The van der Waals surface area contributed by atoms with Crippen LogP contribution in [0.1, 0.15) is 15.9 Å². The zero-order chi connectivity index (χ0) is 21.5. The summed E-state index contributed by atoms with van der Waals surface area (Å²) in [5.74, 6) is -1.63. The second-order valence-electron chi connectivity index (χ2n) is 7.12. The average Bonchev–Trinajstić information content (AvgIpc) is 2.72. The first-order valence-electron chi connectivity index (χ1n) is 9.25. The normalized spacial score (nSPS) is 16.0. The minimum absolute atomic E-state index is 0.00878. The van der Waals surface area contributed by atoms with Gasteiger partial charge in [0.1, 0.15) is 5.82 Å². The number of hydrogen-bond acceptors (Lipinski definition) is 5. The molecule has 156 valence electrons. The van der Waals surface area contributed by atoms with Crippen molar-refractivity contribution < 1.29 is 17.6 Å². The minimum Gasteiger partial charge on any atom is -0.337 e. The minimum atomic E-state index is -3.17. The van der Waals surface area contributed by atoms with E-state index in [2.05, 4.69) is 4.98 Å².